The van der Waals surface area contributed by atoms with Gasteiger partial charge in [0.25, 0.3) is 0 Å². The minimum atomic E-state index is -0.351. The third-order valence-corrected chi connectivity index (χ3v) is 5.15. The van der Waals surface area contributed by atoms with E-state index in [-0.39, 0.29) is 24.3 Å². The summed E-state index contributed by atoms with van der Waals surface area (Å²) >= 11 is 6.20. The van der Waals surface area contributed by atoms with E-state index in [2.05, 4.69) is 10.3 Å². The zero-order valence-corrected chi connectivity index (χ0v) is 16.0. The molecule has 5 nitrogen and oxygen atoms in total. The van der Waals surface area contributed by atoms with Crippen LogP contribution in [0.2, 0.25) is 5.02 Å². The van der Waals surface area contributed by atoms with Gasteiger partial charge in [-0.3, -0.25) is 14.6 Å². The van der Waals surface area contributed by atoms with Gasteiger partial charge in [-0.25, -0.2) is 0 Å². The Morgan fingerprint density at radius 1 is 1.14 bits per heavy atom. The summed E-state index contributed by atoms with van der Waals surface area (Å²) in [6, 6.07) is 14.6. The maximum absolute atomic E-state index is 12.9. The Bertz CT molecular complexity index is 1110. The van der Waals surface area contributed by atoms with Gasteiger partial charge in [-0.2, -0.15) is 0 Å². The smallest absolute Gasteiger partial charge is 0.226 e. The molecular formula is C22H18ClN3O2. The molecule has 6 heteroatoms. The van der Waals surface area contributed by atoms with Gasteiger partial charge in [0.1, 0.15) is 0 Å². The van der Waals surface area contributed by atoms with Crippen LogP contribution in [0.25, 0.3) is 17.0 Å². The number of benzene rings is 2. The Kier molecular flexibility index (Phi) is 4.84. The molecule has 2 heterocycles. The molecule has 0 aliphatic carbocycles. The predicted molar refractivity (Wildman–Crippen MR) is 111 cm³/mol. The third-order valence-electron chi connectivity index (χ3n) is 4.84. The minimum Gasteiger partial charge on any atom is -0.325 e. The number of fused-ring (bicyclic) bond motifs is 2. The molecule has 1 atom stereocenters. The summed E-state index contributed by atoms with van der Waals surface area (Å²) < 4.78 is 0. The van der Waals surface area contributed by atoms with E-state index < -0.39 is 0 Å². The molecule has 1 aliphatic heterocycles. The average Bonchev–Trinajstić information content (AvgIpc) is 2.70. The van der Waals surface area contributed by atoms with Crippen LogP contribution < -0.4 is 5.32 Å². The summed E-state index contributed by atoms with van der Waals surface area (Å²) in [5, 5.41) is 4.25. The van der Waals surface area contributed by atoms with Gasteiger partial charge in [-0.1, -0.05) is 35.9 Å². The zero-order valence-electron chi connectivity index (χ0n) is 15.2. The van der Waals surface area contributed by atoms with Crippen LogP contribution in [0.1, 0.15) is 30.5 Å². The quantitative estimate of drug-likeness (QED) is 0.698. The number of rotatable bonds is 3. The summed E-state index contributed by atoms with van der Waals surface area (Å²) in [7, 11) is 0. The SMILES string of the molecule is CC(=O)N1C=Cc2ccccc2C1CC(=O)Nc1ccc(Cl)c2ncccc12. The first-order valence-electron chi connectivity index (χ1n) is 8.93. The Hall–Kier alpha value is -3.18. The first-order valence-corrected chi connectivity index (χ1v) is 9.31. The zero-order chi connectivity index (χ0) is 19.7. The average molecular weight is 392 g/mol. The summed E-state index contributed by atoms with van der Waals surface area (Å²) in [6.07, 6.45) is 5.44. The van der Waals surface area contributed by atoms with E-state index >= 15 is 0 Å². The molecule has 1 N–H and O–H groups in total. The molecule has 4 rings (SSSR count). The number of hydrogen-bond acceptors (Lipinski definition) is 3. The van der Waals surface area contributed by atoms with E-state index in [1.807, 2.05) is 36.4 Å². The van der Waals surface area contributed by atoms with Crippen molar-refractivity contribution in [3.05, 3.63) is 77.1 Å². The second-order valence-electron chi connectivity index (χ2n) is 6.63. The normalized spacial score (nSPS) is 15.4. The molecule has 0 saturated carbocycles. The largest absolute Gasteiger partial charge is 0.325 e. The first kappa shape index (κ1) is 18.2. The number of anilines is 1. The number of aromatic nitrogens is 1. The van der Waals surface area contributed by atoms with Crippen LogP contribution in [0.3, 0.4) is 0 Å². The molecule has 0 fully saturated rings. The standard InChI is InChI=1S/C22H18ClN3O2/c1-14(27)26-12-10-15-5-2-3-6-16(15)20(26)13-21(28)25-19-9-8-18(23)22-17(19)7-4-11-24-22/h2-12,20H,13H2,1H3,(H,25,28). The van der Waals surface area contributed by atoms with Gasteiger partial charge in [0.05, 0.1) is 28.7 Å². The molecule has 0 saturated heterocycles. The Balaban J connectivity index is 1.62. The van der Waals surface area contributed by atoms with E-state index in [0.717, 1.165) is 16.5 Å². The van der Waals surface area contributed by atoms with E-state index in [1.54, 1.807) is 35.5 Å². The molecule has 0 spiro atoms. The molecule has 28 heavy (non-hydrogen) atoms. The second kappa shape index (κ2) is 7.44. The summed E-state index contributed by atoms with van der Waals surface area (Å²) in [4.78, 5) is 30.8. The van der Waals surface area contributed by atoms with Crippen molar-refractivity contribution in [1.29, 1.82) is 0 Å². The van der Waals surface area contributed by atoms with Crippen LogP contribution in [-0.4, -0.2) is 21.7 Å². The van der Waals surface area contributed by atoms with E-state index in [1.165, 1.54) is 6.92 Å². The monoisotopic (exact) mass is 391 g/mol. The topological polar surface area (TPSA) is 62.3 Å². The fraction of sp³-hybridized carbons (Fsp3) is 0.136. The lowest BCUT2D eigenvalue weighted by Crippen LogP contribution is -2.33. The molecule has 1 aromatic heterocycles. The van der Waals surface area contributed by atoms with Crippen molar-refractivity contribution >= 4 is 46.1 Å². The Labute approximate surface area is 167 Å². The summed E-state index contributed by atoms with van der Waals surface area (Å²) in [6.45, 7) is 1.50. The van der Waals surface area contributed by atoms with Crippen molar-refractivity contribution < 1.29 is 9.59 Å². The van der Waals surface area contributed by atoms with Gasteiger partial charge in [0, 0.05) is 24.7 Å². The van der Waals surface area contributed by atoms with Crippen LogP contribution in [0, 0.1) is 0 Å². The number of nitrogens with zero attached hydrogens (tertiary/aromatic N) is 2. The van der Waals surface area contributed by atoms with E-state index in [4.69, 9.17) is 11.6 Å². The number of nitrogens with one attached hydrogen (secondary N) is 1. The van der Waals surface area contributed by atoms with Crippen LogP contribution in [0.4, 0.5) is 5.69 Å². The van der Waals surface area contributed by atoms with Crippen LogP contribution in [0.5, 0.6) is 0 Å². The summed E-state index contributed by atoms with van der Waals surface area (Å²) in [5.74, 6) is -0.293. The molecule has 1 unspecified atom stereocenters. The minimum absolute atomic E-state index is 0.107. The van der Waals surface area contributed by atoms with E-state index in [0.29, 0.717) is 16.2 Å². The molecule has 3 aromatic rings. The highest BCUT2D eigenvalue weighted by atomic mass is 35.5. The number of amides is 2. The molecular weight excluding hydrogens is 374 g/mol. The van der Waals surface area contributed by atoms with Crippen molar-refractivity contribution in [2.45, 2.75) is 19.4 Å². The molecule has 2 aromatic carbocycles. The molecule has 0 bridgehead atoms. The van der Waals surface area contributed by atoms with E-state index in [9.17, 15) is 9.59 Å². The maximum Gasteiger partial charge on any atom is 0.226 e. The van der Waals surface area contributed by atoms with Crippen molar-refractivity contribution in [3.8, 4) is 0 Å². The maximum atomic E-state index is 12.9. The highest BCUT2D eigenvalue weighted by Gasteiger charge is 2.28. The Morgan fingerprint density at radius 3 is 2.79 bits per heavy atom. The van der Waals surface area contributed by atoms with Gasteiger partial charge < -0.3 is 10.2 Å². The lowest BCUT2D eigenvalue weighted by Gasteiger charge is -2.32. The van der Waals surface area contributed by atoms with Gasteiger partial charge in [0.2, 0.25) is 11.8 Å². The van der Waals surface area contributed by atoms with Crippen molar-refractivity contribution in [2.75, 3.05) is 5.32 Å². The Morgan fingerprint density at radius 2 is 1.96 bits per heavy atom. The van der Waals surface area contributed by atoms with Crippen LogP contribution in [-0.2, 0) is 9.59 Å². The lowest BCUT2D eigenvalue weighted by molar-refractivity contribution is -0.129. The molecule has 2 amide bonds. The summed E-state index contributed by atoms with van der Waals surface area (Å²) in [5.41, 5.74) is 3.25. The highest BCUT2D eigenvalue weighted by Crippen LogP contribution is 2.34. The predicted octanol–water partition coefficient (Wildman–Crippen LogP) is 4.79. The number of carbonyl (C=O) groups excluding carboxylic acids is 2. The van der Waals surface area contributed by atoms with Crippen molar-refractivity contribution in [2.24, 2.45) is 0 Å². The van der Waals surface area contributed by atoms with Gasteiger partial charge in [0.15, 0.2) is 0 Å². The number of hydrogen-bond donors (Lipinski definition) is 1. The molecule has 140 valence electrons. The highest BCUT2D eigenvalue weighted by molar-refractivity contribution is 6.35. The molecule has 0 radical (unpaired) electrons. The molecule has 1 aliphatic rings. The van der Waals surface area contributed by atoms with Crippen LogP contribution >= 0.6 is 11.6 Å². The third kappa shape index (κ3) is 3.37. The van der Waals surface area contributed by atoms with Gasteiger partial charge >= 0.3 is 0 Å². The van der Waals surface area contributed by atoms with Crippen molar-refractivity contribution in [1.82, 2.24) is 9.88 Å². The fourth-order valence-corrected chi connectivity index (χ4v) is 3.75. The van der Waals surface area contributed by atoms with Crippen LogP contribution in [0.15, 0.2) is 60.9 Å². The van der Waals surface area contributed by atoms with Gasteiger partial charge in [-0.05, 0) is 41.5 Å². The van der Waals surface area contributed by atoms with Gasteiger partial charge in [-0.15, -0.1) is 0 Å². The van der Waals surface area contributed by atoms with Crippen molar-refractivity contribution in [3.63, 3.8) is 0 Å². The second-order valence-corrected chi connectivity index (χ2v) is 7.04. The number of carbonyl (C=O) groups is 2. The lowest BCUT2D eigenvalue weighted by atomic mass is 9.93. The first-order chi connectivity index (χ1) is 13.5. The number of pyridine rings is 1. The number of halogens is 1. The fourth-order valence-electron chi connectivity index (χ4n) is 3.54.